The van der Waals surface area contributed by atoms with E-state index in [4.69, 9.17) is 0 Å². The first-order chi connectivity index (χ1) is 58.1. The van der Waals surface area contributed by atoms with Crippen molar-refractivity contribution in [2.75, 3.05) is 62.6 Å². The average molecular weight is 2120 g/mol. The zero-order chi connectivity index (χ0) is 84.2. The van der Waals surface area contributed by atoms with Crippen LogP contribution in [0.25, 0.3) is 96.2 Å². The molecule has 11 aromatic carbocycles. The summed E-state index contributed by atoms with van der Waals surface area (Å²) in [6.07, 6.45) is 22.5. The fourth-order valence-electron chi connectivity index (χ4n) is 14.1. The molecule has 30 heteroatoms. The zero-order valence-corrected chi connectivity index (χ0v) is 93.3. The van der Waals surface area contributed by atoms with Crippen LogP contribution in [0.1, 0.15) is 69.2 Å². The fourth-order valence-corrected chi connectivity index (χ4v) is 51.7. The number of thioether (sulfide) groups is 30. The van der Waals surface area contributed by atoms with Gasteiger partial charge in [-0.25, -0.2) is 0 Å². The second-order valence-electron chi connectivity index (χ2n) is 27.0. The standard InChI is InChI=1S/C90H80S30/c1-41-71(91-11)111-81(101-41)61-51-21-23-53(24-22-51)63(83-103-43(3)73(93-13)113-83)65(85-105-45(5)75(95-15)115-85)55-29-31-57(32-30-55)67(87-107-47(7)77(97-17)117-87)69(89-109-49(9)79(99-19)119-89)59-37-39-60(40-38-59)70(90-110-50(10)80(100-20)120-90)68(88-108-48(8)78(98-18)118-88)58-35-33-56(34-36-58)66(86-106-46(6)76(96-16)116-86)64(84-104-44(4)74(94-14)114-84)54-27-25-52(26-28-54)62(61)82-102-42(2)72(92-12)112-82/h21-40H,1-20H3/b81-61-,82-62+,83-63+,84-64-,85-65-,86-66+,87-67+,88-68-,89-69-,90-70+. The lowest BCUT2D eigenvalue weighted by molar-refractivity contribution is 1.60. The molecule has 0 radical (unpaired) electrons. The molecule has 0 aromatic heterocycles. The van der Waals surface area contributed by atoms with Gasteiger partial charge in [0, 0.05) is 101 Å². The van der Waals surface area contributed by atoms with E-state index in [1.54, 1.807) is 0 Å². The molecule has 0 amide bonds. The second kappa shape index (κ2) is 42.3. The predicted octanol–water partition coefficient (Wildman–Crippen LogP) is 32.4. The van der Waals surface area contributed by atoms with Crippen molar-refractivity contribution in [1.82, 2.24) is 0 Å². The minimum Gasteiger partial charge on any atom is -0.122 e. The SMILES string of the molecule is CSC1=C(C)S/C(=c2/c(=C3\SC(C)=C(SC)S3)c3ccc(cc3)c(=C3\SC(C)=C(SC)S3)/c(=C3\SC(C)=C(SC)S3)c3ccc(cc3)c(=C3\SC(C)=C(SC)S3)/c(=C3\SC(C)=C(SC)S3)c3ccc(cc3)c(=C3\SC(C)=C(SC)S3)/c(=C3\SC(C)=C(SC)S3)c3ccc(cc3)c(=C3\SC(C)=C(SC)S3)/c(=C3\SC(C)=C(SC)S3)c3ccc2cc3)S1. The summed E-state index contributed by atoms with van der Waals surface area (Å²) in [7, 11) is 0. The Labute approximate surface area is 833 Å². The highest BCUT2D eigenvalue weighted by Gasteiger charge is 2.31. The molecule has 10 heterocycles. The van der Waals surface area contributed by atoms with Crippen LogP contribution in [0.3, 0.4) is 0 Å². The number of allylic oxidation sites excluding steroid dienone is 10. The molecule has 0 nitrogen and oxygen atoms in total. The lowest BCUT2D eigenvalue weighted by Crippen LogP contribution is -2.29. The van der Waals surface area contributed by atoms with Crippen molar-refractivity contribution < 1.29 is 0 Å². The van der Waals surface area contributed by atoms with Gasteiger partial charge in [-0.05, 0) is 186 Å². The maximum Gasteiger partial charge on any atom is 0.0586 e. The van der Waals surface area contributed by atoms with E-state index in [-0.39, 0.29) is 0 Å². The molecule has 0 atom stereocenters. The Hall–Kier alpha value is 1.40. The van der Waals surface area contributed by atoms with Gasteiger partial charge in [0.25, 0.3) is 0 Å². The number of rotatable bonds is 10. The van der Waals surface area contributed by atoms with Gasteiger partial charge in [0.2, 0.25) is 0 Å². The van der Waals surface area contributed by atoms with Gasteiger partial charge in [-0.3, -0.25) is 0 Å². The van der Waals surface area contributed by atoms with Crippen molar-refractivity contribution >= 4 is 449 Å². The van der Waals surface area contributed by atoms with Crippen LogP contribution in [0.4, 0.5) is 0 Å². The minimum atomic E-state index is 1.21. The smallest absolute Gasteiger partial charge is 0.0586 e. The van der Waals surface area contributed by atoms with Crippen LogP contribution in [-0.2, 0) is 0 Å². The van der Waals surface area contributed by atoms with Gasteiger partial charge in [-0.1, -0.05) is 357 Å². The summed E-state index contributed by atoms with van der Waals surface area (Å²) in [5.41, 5.74) is 0. The maximum absolute atomic E-state index is 2.48. The Morgan fingerprint density at radius 2 is 0.200 bits per heavy atom. The van der Waals surface area contributed by atoms with Gasteiger partial charge in [0.15, 0.2) is 0 Å². The fraction of sp³-hybridized carbons (Fsp3) is 0.222. The molecule has 120 heavy (non-hydrogen) atoms. The molecule has 0 unspecified atom stereocenters. The number of benzene rings is 5. The van der Waals surface area contributed by atoms with Crippen LogP contribution in [-0.4, -0.2) is 62.6 Å². The van der Waals surface area contributed by atoms with E-state index in [9.17, 15) is 0 Å². The average Bonchev–Trinajstić information content (AvgIpc) is 1.50. The third kappa shape index (κ3) is 19.7. The summed E-state index contributed by atoms with van der Waals surface area (Å²) in [4.78, 5) is 13.5. The van der Waals surface area contributed by atoms with Crippen molar-refractivity contribution in [1.29, 1.82) is 0 Å². The first-order valence-corrected chi connectivity index (χ1v) is 65.7. The lowest BCUT2D eigenvalue weighted by atomic mass is 10.1. The third-order valence-corrected chi connectivity index (χ3v) is 59.3. The van der Waals surface area contributed by atoms with Gasteiger partial charge < -0.3 is 0 Å². The molecule has 0 saturated heterocycles. The Morgan fingerprint density at radius 3 is 0.258 bits per heavy atom. The summed E-state index contributed by atoms with van der Waals surface area (Å²) in [5.74, 6) is 0. The molecule has 0 N–H and O–H groups in total. The Balaban J connectivity index is 1.16. The van der Waals surface area contributed by atoms with Gasteiger partial charge in [0.1, 0.15) is 0 Å². The molecule has 11 aromatic rings. The van der Waals surface area contributed by atoms with E-state index in [0.717, 1.165) is 0 Å². The number of fused-ring (bicyclic) bond motifs is 5. The Morgan fingerprint density at radius 1 is 0.125 bits per heavy atom. The summed E-state index contributed by atoms with van der Waals surface area (Å²) in [5, 5.41) is 24.9. The van der Waals surface area contributed by atoms with Crippen molar-refractivity contribution in [3.63, 3.8) is 0 Å². The van der Waals surface area contributed by atoms with Crippen LogP contribution in [0.2, 0.25) is 0 Å². The van der Waals surface area contributed by atoms with E-state index < -0.39 is 0 Å². The molecule has 10 aliphatic rings. The monoisotopic (exact) mass is 2120 g/mol. The quantitative estimate of drug-likeness (QED) is 0.128. The number of hydrogen-bond acceptors (Lipinski definition) is 30. The van der Waals surface area contributed by atoms with Crippen LogP contribution in [0.15, 0.2) is 213 Å². The lowest BCUT2D eigenvalue weighted by Gasteiger charge is -2.08. The van der Waals surface area contributed by atoms with Crippen molar-refractivity contribution in [2.45, 2.75) is 69.2 Å². The summed E-state index contributed by atoms with van der Waals surface area (Å²) < 4.78 is 26.8. The molecular formula is C90H80S30. The number of hydrogen-bond donors (Lipinski definition) is 0. The molecule has 0 saturated carbocycles. The first-order valence-electron chi connectivity index (χ1n) is 37.1. The molecule has 0 aliphatic carbocycles. The van der Waals surface area contributed by atoms with E-state index in [2.05, 4.69) is 253 Å². The van der Waals surface area contributed by atoms with Gasteiger partial charge in [-0.2, -0.15) is 0 Å². The van der Waals surface area contributed by atoms with Gasteiger partial charge in [0.05, 0.1) is 84.7 Å². The second-order valence-corrected chi connectivity index (χ2v) is 62.8. The van der Waals surface area contributed by atoms with Gasteiger partial charge >= 0.3 is 0 Å². The van der Waals surface area contributed by atoms with Crippen molar-refractivity contribution in [3.05, 3.63) is 265 Å². The van der Waals surface area contributed by atoms with E-state index in [1.807, 2.05) is 353 Å². The van der Waals surface area contributed by atoms with E-state index in [0.29, 0.717) is 0 Å². The normalized spacial score (nSPS) is 23.3. The molecule has 620 valence electrons. The maximum atomic E-state index is 2.48. The molecule has 10 bridgehead atoms. The molecular weight excluding hydrogens is 2040 g/mol. The molecule has 0 spiro atoms. The highest BCUT2D eigenvalue weighted by atomic mass is 32.3. The Kier molecular flexibility index (Phi) is 33.4. The minimum absolute atomic E-state index is 1.21. The highest BCUT2D eigenvalue weighted by molar-refractivity contribution is 8.46. The van der Waals surface area contributed by atoms with Crippen LogP contribution in [0, 0.1) is 0 Å². The van der Waals surface area contributed by atoms with Gasteiger partial charge in [-0.15, -0.1) is 118 Å². The first kappa shape index (κ1) is 94.6. The highest BCUT2D eigenvalue weighted by Crippen LogP contribution is 2.62. The van der Waals surface area contributed by atoms with Crippen LogP contribution >= 0.6 is 353 Å². The predicted molar refractivity (Wildman–Crippen MR) is 620 cm³/mol. The molecule has 21 rings (SSSR count). The molecule has 10 aliphatic heterocycles. The largest absolute Gasteiger partial charge is 0.122 e. The van der Waals surface area contributed by atoms with Crippen molar-refractivity contribution in [2.24, 2.45) is 0 Å². The van der Waals surface area contributed by atoms with Crippen LogP contribution in [0.5, 0.6) is 0 Å². The topological polar surface area (TPSA) is 0 Å². The summed E-state index contributed by atoms with van der Waals surface area (Å²) in [6, 6.07) is 49.6. The zero-order valence-electron chi connectivity index (χ0n) is 68.8. The van der Waals surface area contributed by atoms with Crippen molar-refractivity contribution in [3.8, 4) is 0 Å². The Bertz CT molecular complexity index is 5440. The summed E-state index contributed by atoms with van der Waals surface area (Å²) in [6.45, 7) is 23.2. The van der Waals surface area contributed by atoms with E-state index in [1.165, 1.54) is 240 Å². The molecule has 0 fully saturated rings. The summed E-state index contributed by atoms with van der Waals surface area (Å²) >= 11 is 57.7. The van der Waals surface area contributed by atoms with Crippen LogP contribution < -0.4 is 52.2 Å². The third-order valence-electron chi connectivity index (χ3n) is 19.6. The van der Waals surface area contributed by atoms with E-state index >= 15 is 0 Å².